The molecule has 2 N–H and O–H groups in total. The number of hydrogen-bond acceptors (Lipinski definition) is 4. The van der Waals surface area contributed by atoms with Crippen molar-refractivity contribution in [2.24, 2.45) is 5.41 Å². The number of carboxylic acids is 1. The van der Waals surface area contributed by atoms with Crippen LogP contribution in [0.15, 0.2) is 29.2 Å². The predicted molar refractivity (Wildman–Crippen MR) is 78.8 cm³/mol. The fourth-order valence-corrected chi connectivity index (χ4v) is 2.53. The molecular formula is C14H19NO5S. The SMILES string of the molecule is CC(C)(CC(=O)O)CC(=O)Nc1ccc(S(C)(=O)=O)cc1. The van der Waals surface area contributed by atoms with Gasteiger partial charge in [0, 0.05) is 18.4 Å². The summed E-state index contributed by atoms with van der Waals surface area (Å²) in [6, 6.07) is 5.82. The van der Waals surface area contributed by atoms with Crippen molar-refractivity contribution in [2.75, 3.05) is 11.6 Å². The van der Waals surface area contributed by atoms with Gasteiger partial charge in [0.2, 0.25) is 5.91 Å². The van der Waals surface area contributed by atoms with Gasteiger partial charge in [-0.25, -0.2) is 8.42 Å². The van der Waals surface area contributed by atoms with E-state index in [1.54, 1.807) is 13.8 Å². The maximum absolute atomic E-state index is 11.9. The zero-order valence-corrected chi connectivity index (χ0v) is 13.0. The molecule has 0 saturated carbocycles. The number of rotatable bonds is 6. The molecule has 0 heterocycles. The summed E-state index contributed by atoms with van der Waals surface area (Å²) in [7, 11) is -3.27. The van der Waals surface area contributed by atoms with E-state index in [1.165, 1.54) is 24.3 Å². The number of aliphatic carboxylic acids is 1. The van der Waals surface area contributed by atoms with Crippen LogP contribution in [0.2, 0.25) is 0 Å². The molecule has 0 aliphatic rings. The zero-order valence-electron chi connectivity index (χ0n) is 12.2. The van der Waals surface area contributed by atoms with E-state index in [2.05, 4.69) is 5.32 Å². The summed E-state index contributed by atoms with van der Waals surface area (Å²) in [5, 5.41) is 11.4. The standard InChI is InChI=1S/C14H19NO5S/c1-14(2,9-13(17)18)8-12(16)15-10-4-6-11(7-5-10)21(3,19)20/h4-7H,8-9H2,1-3H3,(H,15,16)(H,17,18). The lowest BCUT2D eigenvalue weighted by molar-refractivity contribution is -0.139. The number of carboxylic acid groups (broad SMARTS) is 1. The average molecular weight is 313 g/mol. The molecule has 0 aliphatic heterocycles. The fraction of sp³-hybridized carbons (Fsp3) is 0.429. The minimum Gasteiger partial charge on any atom is -0.481 e. The zero-order chi connectivity index (χ0) is 16.3. The van der Waals surface area contributed by atoms with Crippen molar-refractivity contribution >= 4 is 27.4 Å². The molecule has 0 fully saturated rings. The van der Waals surface area contributed by atoms with E-state index < -0.39 is 21.2 Å². The molecule has 21 heavy (non-hydrogen) atoms. The number of anilines is 1. The van der Waals surface area contributed by atoms with Crippen LogP contribution in [0.5, 0.6) is 0 Å². The third-order valence-corrected chi connectivity index (χ3v) is 3.96. The van der Waals surface area contributed by atoms with Gasteiger partial charge in [0.25, 0.3) is 0 Å². The average Bonchev–Trinajstić information content (AvgIpc) is 2.25. The van der Waals surface area contributed by atoms with E-state index in [0.29, 0.717) is 5.69 Å². The molecule has 0 atom stereocenters. The molecule has 6 nitrogen and oxygen atoms in total. The van der Waals surface area contributed by atoms with E-state index in [1.807, 2.05) is 0 Å². The normalized spacial score (nSPS) is 12.0. The van der Waals surface area contributed by atoms with Gasteiger partial charge in [-0.05, 0) is 29.7 Å². The highest BCUT2D eigenvalue weighted by atomic mass is 32.2. The molecule has 0 saturated heterocycles. The second-order valence-corrected chi connectivity index (χ2v) is 7.77. The summed E-state index contributed by atoms with van der Waals surface area (Å²) in [6.45, 7) is 3.40. The Labute approximate surface area is 124 Å². The van der Waals surface area contributed by atoms with Gasteiger partial charge in [-0.1, -0.05) is 13.8 Å². The Hall–Kier alpha value is -1.89. The van der Waals surface area contributed by atoms with Crippen molar-refractivity contribution in [2.45, 2.75) is 31.6 Å². The Morgan fingerprint density at radius 2 is 1.67 bits per heavy atom. The molecule has 0 bridgehead atoms. The van der Waals surface area contributed by atoms with Crippen molar-refractivity contribution in [1.29, 1.82) is 0 Å². The molecule has 0 spiro atoms. The van der Waals surface area contributed by atoms with Crippen LogP contribution in [0, 0.1) is 5.41 Å². The summed E-state index contributed by atoms with van der Waals surface area (Å²) in [5.41, 5.74) is -0.179. The number of nitrogens with one attached hydrogen (secondary N) is 1. The maximum Gasteiger partial charge on any atom is 0.303 e. The van der Waals surface area contributed by atoms with Crippen LogP contribution in [0.3, 0.4) is 0 Å². The second kappa shape index (κ2) is 6.26. The Morgan fingerprint density at radius 1 is 1.14 bits per heavy atom. The van der Waals surface area contributed by atoms with Crippen LogP contribution < -0.4 is 5.32 Å². The van der Waals surface area contributed by atoms with Gasteiger partial charge < -0.3 is 10.4 Å². The third kappa shape index (κ3) is 5.95. The Morgan fingerprint density at radius 3 is 2.10 bits per heavy atom. The van der Waals surface area contributed by atoms with Crippen molar-refractivity contribution in [3.63, 3.8) is 0 Å². The molecule has 0 unspecified atom stereocenters. The predicted octanol–water partition coefficient (Wildman–Crippen LogP) is 1.92. The van der Waals surface area contributed by atoms with Crippen LogP contribution >= 0.6 is 0 Å². The number of benzene rings is 1. The third-order valence-electron chi connectivity index (χ3n) is 2.84. The fourth-order valence-electron chi connectivity index (χ4n) is 1.90. The van der Waals surface area contributed by atoms with Crippen molar-refractivity contribution in [3.05, 3.63) is 24.3 Å². The largest absolute Gasteiger partial charge is 0.481 e. The molecule has 1 rings (SSSR count). The van der Waals surface area contributed by atoms with E-state index in [9.17, 15) is 18.0 Å². The van der Waals surface area contributed by atoms with Crippen LogP contribution in [0.1, 0.15) is 26.7 Å². The smallest absolute Gasteiger partial charge is 0.303 e. The molecule has 1 aromatic carbocycles. The maximum atomic E-state index is 11.9. The highest BCUT2D eigenvalue weighted by Crippen LogP contribution is 2.25. The van der Waals surface area contributed by atoms with E-state index in [0.717, 1.165) is 6.26 Å². The Kier molecular flexibility index (Phi) is 5.11. The number of carbonyl (C=O) groups is 2. The summed E-state index contributed by atoms with van der Waals surface area (Å²) < 4.78 is 22.6. The highest BCUT2D eigenvalue weighted by molar-refractivity contribution is 7.90. The number of carbonyl (C=O) groups excluding carboxylic acids is 1. The molecule has 7 heteroatoms. The molecule has 1 amide bonds. The minimum atomic E-state index is -3.27. The van der Waals surface area contributed by atoms with Gasteiger partial charge in [-0.3, -0.25) is 9.59 Å². The summed E-state index contributed by atoms with van der Waals surface area (Å²) in [5.74, 6) is -1.27. The van der Waals surface area contributed by atoms with Gasteiger partial charge in [-0.2, -0.15) is 0 Å². The molecule has 0 aromatic heterocycles. The number of amides is 1. The van der Waals surface area contributed by atoms with Gasteiger partial charge in [0.15, 0.2) is 9.84 Å². The van der Waals surface area contributed by atoms with Crippen molar-refractivity contribution in [3.8, 4) is 0 Å². The molecule has 0 radical (unpaired) electrons. The number of hydrogen-bond donors (Lipinski definition) is 2. The van der Waals surface area contributed by atoms with E-state index in [4.69, 9.17) is 5.11 Å². The molecule has 0 aliphatic carbocycles. The summed E-state index contributed by atoms with van der Waals surface area (Å²) in [4.78, 5) is 22.7. The van der Waals surface area contributed by atoms with Crippen LogP contribution in [0.4, 0.5) is 5.69 Å². The Bertz CT molecular complexity index is 632. The van der Waals surface area contributed by atoms with Gasteiger partial charge in [0.05, 0.1) is 11.3 Å². The van der Waals surface area contributed by atoms with Crippen LogP contribution in [0.25, 0.3) is 0 Å². The first kappa shape index (κ1) is 17.2. The van der Waals surface area contributed by atoms with Gasteiger partial charge in [-0.15, -0.1) is 0 Å². The topological polar surface area (TPSA) is 101 Å². The first-order chi connectivity index (χ1) is 9.49. The van der Waals surface area contributed by atoms with Gasteiger partial charge in [0.1, 0.15) is 0 Å². The van der Waals surface area contributed by atoms with Crippen LogP contribution in [-0.2, 0) is 19.4 Å². The second-order valence-electron chi connectivity index (χ2n) is 5.76. The minimum absolute atomic E-state index is 0.0626. The van der Waals surface area contributed by atoms with Crippen LogP contribution in [-0.4, -0.2) is 31.7 Å². The molecule has 116 valence electrons. The van der Waals surface area contributed by atoms with Crippen molar-refractivity contribution < 1.29 is 23.1 Å². The lowest BCUT2D eigenvalue weighted by atomic mass is 9.85. The van der Waals surface area contributed by atoms with E-state index in [-0.39, 0.29) is 23.6 Å². The summed E-state index contributed by atoms with van der Waals surface area (Å²) in [6.07, 6.45) is 1.07. The first-order valence-corrected chi connectivity index (χ1v) is 8.20. The molecule has 1 aromatic rings. The first-order valence-electron chi connectivity index (χ1n) is 6.31. The quantitative estimate of drug-likeness (QED) is 0.835. The monoisotopic (exact) mass is 313 g/mol. The van der Waals surface area contributed by atoms with E-state index >= 15 is 0 Å². The Balaban J connectivity index is 2.69. The lowest BCUT2D eigenvalue weighted by Gasteiger charge is -2.21. The van der Waals surface area contributed by atoms with Crippen molar-refractivity contribution in [1.82, 2.24) is 0 Å². The van der Waals surface area contributed by atoms with Gasteiger partial charge >= 0.3 is 5.97 Å². The highest BCUT2D eigenvalue weighted by Gasteiger charge is 2.25. The lowest BCUT2D eigenvalue weighted by Crippen LogP contribution is -2.24. The number of sulfone groups is 1. The molecular weight excluding hydrogens is 294 g/mol. The summed E-state index contributed by atoms with van der Waals surface area (Å²) >= 11 is 0.